The molecular formula is C4HClF8O3S. The average Bonchev–Trinajstić information content (AvgIpc) is 1.98. The van der Waals surface area contributed by atoms with E-state index in [1.807, 2.05) is 4.74 Å². The van der Waals surface area contributed by atoms with Crippen LogP contribution in [0.4, 0.5) is 35.1 Å². The van der Waals surface area contributed by atoms with Crippen molar-refractivity contribution in [2.24, 2.45) is 0 Å². The zero-order valence-electron chi connectivity index (χ0n) is 7.11. The Morgan fingerprint density at radius 3 is 1.59 bits per heavy atom. The highest BCUT2D eigenvalue weighted by atomic mass is 35.7. The fourth-order valence-electron chi connectivity index (χ4n) is 0.417. The van der Waals surface area contributed by atoms with E-state index >= 15 is 0 Å². The second-order valence-corrected chi connectivity index (χ2v) is 5.04. The molecule has 0 unspecified atom stereocenters. The third kappa shape index (κ3) is 3.31. The molecule has 0 spiro atoms. The van der Waals surface area contributed by atoms with Crippen LogP contribution in [0.25, 0.3) is 0 Å². The van der Waals surface area contributed by atoms with E-state index in [0.717, 1.165) is 0 Å². The number of rotatable bonds is 5. The standard InChI is InChI=1S/C4HClF8O3S/c5-17(14,15)4(12,13)3(10,11)16-2(8,9)1(6)7/h1H. The summed E-state index contributed by atoms with van der Waals surface area (Å²) in [6.07, 6.45) is -17.3. The highest BCUT2D eigenvalue weighted by Gasteiger charge is 2.71. The van der Waals surface area contributed by atoms with Crippen LogP contribution in [-0.4, -0.2) is 32.3 Å². The van der Waals surface area contributed by atoms with Gasteiger partial charge in [-0.2, -0.15) is 26.3 Å². The predicted octanol–water partition coefficient (Wildman–Crippen LogP) is 2.62. The van der Waals surface area contributed by atoms with Crippen molar-refractivity contribution in [1.82, 2.24) is 0 Å². The molecule has 104 valence electrons. The molecular weight excluding hydrogens is 316 g/mol. The van der Waals surface area contributed by atoms with E-state index in [2.05, 4.69) is 10.7 Å². The van der Waals surface area contributed by atoms with Gasteiger partial charge in [0.15, 0.2) is 0 Å². The van der Waals surface area contributed by atoms with Crippen molar-refractivity contribution in [2.45, 2.75) is 23.9 Å². The zero-order chi connectivity index (χ0) is 14.3. The summed E-state index contributed by atoms with van der Waals surface area (Å²) in [5.41, 5.74) is 0. The van der Waals surface area contributed by atoms with Crippen LogP contribution in [0.15, 0.2) is 0 Å². The second kappa shape index (κ2) is 4.39. The summed E-state index contributed by atoms with van der Waals surface area (Å²) in [6.45, 7) is 0. The van der Waals surface area contributed by atoms with E-state index in [0.29, 0.717) is 0 Å². The van der Waals surface area contributed by atoms with Gasteiger partial charge in [-0.05, 0) is 0 Å². The molecule has 0 aliphatic rings. The molecule has 0 aliphatic heterocycles. The Bertz CT molecular complexity index is 378. The second-order valence-electron chi connectivity index (χ2n) is 2.44. The Morgan fingerprint density at radius 1 is 1.00 bits per heavy atom. The van der Waals surface area contributed by atoms with Crippen LogP contribution in [-0.2, 0) is 13.8 Å². The minimum absolute atomic E-state index is 1.85. The molecule has 0 aromatic heterocycles. The minimum atomic E-state index is -6.44. The molecule has 3 nitrogen and oxygen atoms in total. The normalized spacial score (nSPS) is 15.4. The summed E-state index contributed by atoms with van der Waals surface area (Å²) in [5, 5.41) is -6.31. The lowest BCUT2D eigenvalue weighted by atomic mass is 10.6. The maximum absolute atomic E-state index is 12.3. The molecule has 17 heavy (non-hydrogen) atoms. The lowest BCUT2D eigenvalue weighted by molar-refractivity contribution is -0.435. The fourth-order valence-corrected chi connectivity index (χ4v) is 1.01. The van der Waals surface area contributed by atoms with Crippen LogP contribution >= 0.6 is 10.7 Å². The van der Waals surface area contributed by atoms with E-state index in [9.17, 15) is 43.5 Å². The highest BCUT2D eigenvalue weighted by Crippen LogP contribution is 2.45. The van der Waals surface area contributed by atoms with Crippen molar-refractivity contribution in [3.05, 3.63) is 0 Å². The van der Waals surface area contributed by atoms with Crippen LogP contribution in [0.5, 0.6) is 0 Å². The van der Waals surface area contributed by atoms with Crippen molar-refractivity contribution >= 4 is 19.7 Å². The summed E-state index contributed by atoms with van der Waals surface area (Å²) in [6, 6.07) is 0. The van der Waals surface area contributed by atoms with Gasteiger partial charge in [0.1, 0.15) is 0 Å². The van der Waals surface area contributed by atoms with E-state index in [1.165, 1.54) is 0 Å². The minimum Gasteiger partial charge on any atom is -0.245 e. The Morgan fingerprint density at radius 2 is 1.35 bits per heavy atom. The molecule has 0 heterocycles. The first kappa shape index (κ1) is 16.6. The molecule has 0 aromatic rings. The van der Waals surface area contributed by atoms with Crippen molar-refractivity contribution in [3.8, 4) is 0 Å². The Balaban J connectivity index is 5.32. The van der Waals surface area contributed by atoms with E-state index < -0.39 is 32.9 Å². The van der Waals surface area contributed by atoms with Crippen LogP contribution in [0, 0.1) is 0 Å². The topological polar surface area (TPSA) is 43.4 Å². The largest absolute Gasteiger partial charge is 0.449 e. The Hall–Kier alpha value is -0.360. The molecule has 0 saturated carbocycles. The number of hydrogen-bond donors (Lipinski definition) is 0. The average molecular weight is 317 g/mol. The van der Waals surface area contributed by atoms with Gasteiger partial charge in [-0.25, -0.2) is 21.9 Å². The van der Waals surface area contributed by atoms with Crippen LogP contribution in [0.1, 0.15) is 0 Å². The summed E-state index contributed by atoms with van der Waals surface area (Å²) < 4.78 is 118. The van der Waals surface area contributed by atoms with Gasteiger partial charge in [0.05, 0.1) is 0 Å². The molecule has 0 bridgehead atoms. The first-order valence-electron chi connectivity index (χ1n) is 3.21. The van der Waals surface area contributed by atoms with Gasteiger partial charge in [0.25, 0.3) is 0 Å². The highest BCUT2D eigenvalue weighted by molar-refractivity contribution is 8.14. The smallest absolute Gasteiger partial charge is 0.245 e. The molecule has 0 aromatic carbocycles. The monoisotopic (exact) mass is 316 g/mol. The van der Waals surface area contributed by atoms with Gasteiger partial charge in [0, 0.05) is 10.7 Å². The van der Waals surface area contributed by atoms with Gasteiger partial charge in [-0.1, -0.05) is 0 Å². The molecule has 0 rings (SSSR count). The third-order valence-corrected chi connectivity index (χ3v) is 2.59. The number of alkyl halides is 8. The van der Waals surface area contributed by atoms with Gasteiger partial charge >= 0.3 is 32.9 Å². The van der Waals surface area contributed by atoms with Crippen LogP contribution in [0.3, 0.4) is 0 Å². The third-order valence-electron chi connectivity index (χ3n) is 1.16. The van der Waals surface area contributed by atoms with E-state index in [4.69, 9.17) is 0 Å². The SMILES string of the molecule is O=S(=O)(Cl)C(F)(F)C(F)(F)OC(F)(F)C(F)F. The van der Waals surface area contributed by atoms with E-state index in [1.54, 1.807) is 0 Å². The summed E-state index contributed by atoms with van der Waals surface area (Å²) in [5.74, 6) is 0. The van der Waals surface area contributed by atoms with Gasteiger partial charge in [-0.15, -0.1) is 0 Å². The molecule has 0 radical (unpaired) electrons. The van der Waals surface area contributed by atoms with Crippen LogP contribution in [0.2, 0.25) is 0 Å². The van der Waals surface area contributed by atoms with Gasteiger partial charge in [0.2, 0.25) is 0 Å². The van der Waals surface area contributed by atoms with Crippen LogP contribution < -0.4 is 0 Å². The van der Waals surface area contributed by atoms with Crippen molar-refractivity contribution < 1.29 is 48.3 Å². The maximum Gasteiger partial charge on any atom is 0.449 e. The number of hydrogen-bond acceptors (Lipinski definition) is 3. The van der Waals surface area contributed by atoms with Gasteiger partial charge < -0.3 is 0 Å². The molecule has 0 amide bonds. The zero-order valence-corrected chi connectivity index (χ0v) is 8.68. The van der Waals surface area contributed by atoms with Gasteiger partial charge in [-0.3, -0.25) is 0 Å². The molecule has 13 heteroatoms. The Kier molecular flexibility index (Phi) is 4.29. The quantitative estimate of drug-likeness (QED) is 0.578. The summed E-state index contributed by atoms with van der Waals surface area (Å²) in [7, 11) is -2.52. The molecule has 0 aliphatic carbocycles. The lowest BCUT2D eigenvalue weighted by Crippen LogP contribution is -2.51. The van der Waals surface area contributed by atoms with Crippen molar-refractivity contribution in [1.29, 1.82) is 0 Å². The number of halogens is 9. The molecule has 0 N–H and O–H groups in total. The predicted molar refractivity (Wildman–Crippen MR) is 36.7 cm³/mol. The summed E-state index contributed by atoms with van der Waals surface area (Å²) in [4.78, 5) is 0. The van der Waals surface area contributed by atoms with Crippen molar-refractivity contribution in [3.63, 3.8) is 0 Å². The summed E-state index contributed by atoms with van der Waals surface area (Å²) >= 11 is 0. The lowest BCUT2D eigenvalue weighted by Gasteiger charge is -2.26. The van der Waals surface area contributed by atoms with Crippen molar-refractivity contribution in [2.75, 3.05) is 0 Å². The molecule has 0 saturated heterocycles. The molecule has 0 fully saturated rings. The first-order valence-corrected chi connectivity index (χ1v) is 5.52. The number of ether oxygens (including phenoxy) is 1. The van der Waals surface area contributed by atoms with E-state index in [-0.39, 0.29) is 0 Å². The molecule has 0 atom stereocenters. The maximum atomic E-state index is 12.3. The first-order chi connectivity index (χ1) is 7.15. The fraction of sp³-hybridized carbons (Fsp3) is 1.00. The Labute approximate surface area is 92.7 Å².